The summed E-state index contributed by atoms with van der Waals surface area (Å²) in [5.41, 5.74) is 3.44. The van der Waals surface area contributed by atoms with Gasteiger partial charge in [0, 0.05) is 24.0 Å². The first-order valence-electron chi connectivity index (χ1n) is 7.35. The van der Waals surface area contributed by atoms with E-state index in [4.69, 9.17) is 4.42 Å². The number of urea groups is 1. The van der Waals surface area contributed by atoms with Gasteiger partial charge in [-0.3, -0.25) is 4.57 Å². The zero-order chi connectivity index (χ0) is 16.4. The van der Waals surface area contributed by atoms with Crippen molar-refractivity contribution < 1.29 is 9.21 Å². The molecule has 0 spiro atoms. The van der Waals surface area contributed by atoms with Crippen LogP contribution in [-0.4, -0.2) is 10.6 Å². The van der Waals surface area contributed by atoms with Gasteiger partial charge in [0.05, 0.1) is 5.52 Å². The van der Waals surface area contributed by atoms with E-state index in [-0.39, 0.29) is 6.03 Å². The third kappa shape index (κ3) is 2.96. The van der Waals surface area contributed by atoms with E-state index in [1.165, 1.54) is 4.57 Å². The highest BCUT2D eigenvalue weighted by Gasteiger charge is 2.10. The molecule has 0 aliphatic rings. The number of aromatic nitrogens is 1. The van der Waals surface area contributed by atoms with Gasteiger partial charge in [0.25, 0.3) is 0 Å². The third-order valence-corrected chi connectivity index (χ3v) is 3.64. The van der Waals surface area contributed by atoms with Crippen LogP contribution in [0.15, 0.2) is 51.7 Å². The highest BCUT2D eigenvalue weighted by atomic mass is 16.4. The summed E-state index contributed by atoms with van der Waals surface area (Å²) >= 11 is 0. The Labute approximate surface area is 132 Å². The summed E-state index contributed by atoms with van der Waals surface area (Å²) in [7, 11) is 0. The standard InChI is InChI=1S/C17H17N3O3/c1-3-20-14-9-8-12(10-15(14)23-17(20)22)18-16(21)19-13-7-5-4-6-11(13)2/h4-10H,3H2,1-2H3,(H2,18,19,21). The normalized spacial score (nSPS) is 10.7. The smallest absolute Gasteiger partial charge is 0.408 e. The molecule has 3 rings (SSSR count). The molecule has 0 atom stereocenters. The van der Waals surface area contributed by atoms with E-state index in [9.17, 15) is 9.59 Å². The summed E-state index contributed by atoms with van der Waals surface area (Å²) in [5, 5.41) is 5.52. The number of anilines is 2. The number of nitrogens with zero attached hydrogens (tertiary/aromatic N) is 1. The van der Waals surface area contributed by atoms with Gasteiger partial charge in [0.1, 0.15) is 0 Å². The molecule has 0 unspecified atom stereocenters. The number of oxazole rings is 1. The van der Waals surface area contributed by atoms with Crippen molar-refractivity contribution in [3.05, 3.63) is 58.6 Å². The maximum Gasteiger partial charge on any atom is 0.419 e. The molecule has 118 valence electrons. The van der Waals surface area contributed by atoms with Crippen molar-refractivity contribution in [1.29, 1.82) is 0 Å². The largest absolute Gasteiger partial charge is 0.419 e. The fourth-order valence-corrected chi connectivity index (χ4v) is 2.44. The minimum atomic E-state index is -0.399. The van der Waals surface area contributed by atoms with E-state index in [0.717, 1.165) is 11.3 Å². The average molecular weight is 311 g/mol. The van der Waals surface area contributed by atoms with E-state index in [1.807, 2.05) is 38.1 Å². The molecule has 2 N–H and O–H groups in total. The molecule has 0 bridgehead atoms. The number of carbonyl (C=O) groups excluding carboxylic acids is 1. The molecule has 6 nitrogen and oxygen atoms in total. The number of amides is 2. The van der Waals surface area contributed by atoms with E-state index >= 15 is 0 Å². The van der Waals surface area contributed by atoms with E-state index < -0.39 is 5.76 Å². The van der Waals surface area contributed by atoms with Crippen LogP contribution in [0.25, 0.3) is 11.1 Å². The molecule has 0 fully saturated rings. The second-order valence-electron chi connectivity index (χ2n) is 5.19. The molecular weight excluding hydrogens is 294 g/mol. The number of hydrogen-bond donors (Lipinski definition) is 2. The van der Waals surface area contributed by atoms with E-state index in [1.54, 1.807) is 18.2 Å². The van der Waals surface area contributed by atoms with Crippen LogP contribution in [0.5, 0.6) is 0 Å². The van der Waals surface area contributed by atoms with Gasteiger partial charge in [-0.2, -0.15) is 0 Å². The molecule has 0 radical (unpaired) electrons. The Morgan fingerprint density at radius 3 is 2.70 bits per heavy atom. The van der Waals surface area contributed by atoms with Crippen molar-refractivity contribution in [1.82, 2.24) is 4.57 Å². The van der Waals surface area contributed by atoms with Crippen LogP contribution < -0.4 is 16.4 Å². The van der Waals surface area contributed by atoms with Gasteiger partial charge < -0.3 is 15.1 Å². The molecule has 0 saturated heterocycles. The molecule has 1 heterocycles. The lowest BCUT2D eigenvalue weighted by Crippen LogP contribution is -2.19. The van der Waals surface area contributed by atoms with Crippen LogP contribution in [0.4, 0.5) is 16.2 Å². The van der Waals surface area contributed by atoms with Crippen LogP contribution in [0.2, 0.25) is 0 Å². The molecule has 2 aromatic carbocycles. The second-order valence-corrected chi connectivity index (χ2v) is 5.19. The van der Waals surface area contributed by atoms with Crippen molar-refractivity contribution >= 4 is 28.5 Å². The van der Waals surface area contributed by atoms with Gasteiger partial charge in [0.15, 0.2) is 5.58 Å². The van der Waals surface area contributed by atoms with E-state index in [2.05, 4.69) is 10.6 Å². The number of benzene rings is 2. The highest BCUT2D eigenvalue weighted by molar-refractivity contribution is 6.01. The summed E-state index contributed by atoms with van der Waals surface area (Å²) < 4.78 is 6.72. The summed E-state index contributed by atoms with van der Waals surface area (Å²) in [6.07, 6.45) is 0. The zero-order valence-corrected chi connectivity index (χ0v) is 12.9. The monoisotopic (exact) mass is 311 g/mol. The quantitative estimate of drug-likeness (QED) is 0.776. The van der Waals surface area contributed by atoms with Gasteiger partial charge in [-0.1, -0.05) is 18.2 Å². The van der Waals surface area contributed by atoms with Gasteiger partial charge in [-0.15, -0.1) is 0 Å². The molecule has 0 saturated carbocycles. The highest BCUT2D eigenvalue weighted by Crippen LogP contribution is 2.19. The third-order valence-electron chi connectivity index (χ3n) is 3.64. The molecule has 1 aromatic heterocycles. The summed E-state index contributed by atoms with van der Waals surface area (Å²) in [4.78, 5) is 23.8. The molecular formula is C17H17N3O3. The predicted molar refractivity (Wildman–Crippen MR) is 90.0 cm³/mol. The van der Waals surface area contributed by atoms with Crippen molar-refractivity contribution in [2.45, 2.75) is 20.4 Å². The maximum absolute atomic E-state index is 12.1. The first-order chi connectivity index (χ1) is 11.1. The Kier molecular flexibility index (Phi) is 3.89. The van der Waals surface area contributed by atoms with Crippen molar-refractivity contribution in [3.63, 3.8) is 0 Å². The molecule has 6 heteroatoms. The molecule has 3 aromatic rings. The summed E-state index contributed by atoms with van der Waals surface area (Å²) in [5.74, 6) is -0.399. The lowest BCUT2D eigenvalue weighted by Gasteiger charge is -2.09. The maximum atomic E-state index is 12.1. The van der Waals surface area contributed by atoms with Gasteiger partial charge in [0.2, 0.25) is 0 Å². The number of rotatable bonds is 3. The Balaban J connectivity index is 1.80. The molecule has 0 aliphatic carbocycles. The van der Waals surface area contributed by atoms with Crippen LogP contribution in [-0.2, 0) is 6.54 Å². The Bertz CT molecular complexity index is 924. The van der Waals surface area contributed by atoms with Crippen LogP contribution in [0.3, 0.4) is 0 Å². The average Bonchev–Trinajstić information content (AvgIpc) is 2.83. The number of fused-ring (bicyclic) bond motifs is 1. The summed E-state index contributed by atoms with van der Waals surface area (Å²) in [6, 6.07) is 12.3. The van der Waals surface area contributed by atoms with Crippen LogP contribution in [0, 0.1) is 6.92 Å². The fourth-order valence-electron chi connectivity index (χ4n) is 2.44. The Morgan fingerprint density at radius 1 is 1.17 bits per heavy atom. The van der Waals surface area contributed by atoms with Crippen molar-refractivity contribution in [2.75, 3.05) is 10.6 Å². The van der Waals surface area contributed by atoms with Gasteiger partial charge in [-0.25, -0.2) is 9.59 Å². The molecule has 2 amide bonds. The topological polar surface area (TPSA) is 76.3 Å². The number of nitrogens with one attached hydrogen (secondary N) is 2. The van der Waals surface area contributed by atoms with Crippen LogP contribution >= 0.6 is 0 Å². The first kappa shape index (κ1) is 14.9. The van der Waals surface area contributed by atoms with E-state index in [0.29, 0.717) is 23.3 Å². The lowest BCUT2D eigenvalue weighted by molar-refractivity contribution is 0.262. The summed E-state index contributed by atoms with van der Waals surface area (Å²) in [6.45, 7) is 4.33. The minimum absolute atomic E-state index is 0.351. The second kappa shape index (κ2) is 6.00. The number of aryl methyl sites for hydroxylation is 2. The molecule has 0 aliphatic heterocycles. The van der Waals surface area contributed by atoms with Crippen molar-refractivity contribution in [3.8, 4) is 0 Å². The lowest BCUT2D eigenvalue weighted by atomic mass is 10.2. The minimum Gasteiger partial charge on any atom is -0.408 e. The van der Waals surface area contributed by atoms with Crippen LogP contribution in [0.1, 0.15) is 12.5 Å². The number of hydrogen-bond acceptors (Lipinski definition) is 3. The Morgan fingerprint density at radius 2 is 1.96 bits per heavy atom. The predicted octanol–water partition coefficient (Wildman–Crippen LogP) is 3.57. The van der Waals surface area contributed by atoms with Crippen molar-refractivity contribution in [2.24, 2.45) is 0 Å². The fraction of sp³-hybridized carbons (Fsp3) is 0.176. The van der Waals surface area contributed by atoms with Gasteiger partial charge in [-0.05, 0) is 37.6 Å². The number of para-hydroxylation sites is 1. The zero-order valence-electron chi connectivity index (χ0n) is 12.9. The molecule has 23 heavy (non-hydrogen) atoms. The number of carbonyl (C=O) groups is 1. The Hall–Kier alpha value is -3.02. The first-order valence-corrected chi connectivity index (χ1v) is 7.35. The SMILES string of the molecule is CCn1c(=O)oc2cc(NC(=O)Nc3ccccc3C)ccc21. The van der Waals surface area contributed by atoms with Gasteiger partial charge >= 0.3 is 11.8 Å².